The summed E-state index contributed by atoms with van der Waals surface area (Å²) >= 11 is 0. The van der Waals surface area contributed by atoms with Crippen molar-refractivity contribution in [2.75, 3.05) is 12.3 Å². The van der Waals surface area contributed by atoms with Gasteiger partial charge in [0.05, 0.1) is 0 Å². The first-order chi connectivity index (χ1) is 8.16. The molecule has 0 aliphatic heterocycles. The molecule has 1 aliphatic carbocycles. The third-order valence-corrected chi connectivity index (χ3v) is 3.33. The highest BCUT2D eigenvalue weighted by molar-refractivity contribution is 5.95. The maximum absolute atomic E-state index is 11.7. The van der Waals surface area contributed by atoms with Crippen molar-refractivity contribution >= 4 is 11.7 Å². The van der Waals surface area contributed by atoms with Gasteiger partial charge in [-0.15, -0.1) is 0 Å². The summed E-state index contributed by atoms with van der Waals surface area (Å²) in [5.74, 6) is 1.05. The van der Waals surface area contributed by atoms with Gasteiger partial charge in [-0.2, -0.15) is 0 Å². The molecule has 6 heteroatoms. The lowest BCUT2D eigenvalue weighted by molar-refractivity contribution is 0.0931. The van der Waals surface area contributed by atoms with Crippen LogP contribution in [-0.2, 0) is 0 Å². The molecule has 0 aromatic carbocycles. The number of hydrogen-bond acceptors (Lipinski definition) is 5. The van der Waals surface area contributed by atoms with Gasteiger partial charge in [0.15, 0.2) is 0 Å². The van der Waals surface area contributed by atoms with Crippen LogP contribution >= 0.6 is 0 Å². The molecule has 1 fully saturated rings. The van der Waals surface area contributed by atoms with E-state index < -0.39 is 0 Å². The van der Waals surface area contributed by atoms with Gasteiger partial charge in [0.25, 0.3) is 5.91 Å². The maximum atomic E-state index is 11.7. The summed E-state index contributed by atoms with van der Waals surface area (Å²) in [5.41, 5.74) is 5.52. The smallest absolute Gasteiger partial charge is 0.277 e. The third-order valence-electron chi connectivity index (χ3n) is 3.33. The van der Waals surface area contributed by atoms with Crippen LogP contribution in [0.15, 0.2) is 4.63 Å². The molecular weight excluding hydrogens is 220 g/mol. The molecule has 2 unspecified atom stereocenters. The van der Waals surface area contributed by atoms with Crippen LogP contribution in [-0.4, -0.2) is 22.8 Å². The Morgan fingerprint density at radius 1 is 1.53 bits per heavy atom. The molecule has 2 atom stereocenters. The summed E-state index contributed by atoms with van der Waals surface area (Å²) in [6, 6.07) is 0. The van der Waals surface area contributed by atoms with Crippen molar-refractivity contribution in [3.63, 3.8) is 0 Å². The summed E-state index contributed by atoms with van der Waals surface area (Å²) in [7, 11) is 0. The van der Waals surface area contributed by atoms with E-state index in [4.69, 9.17) is 5.73 Å². The van der Waals surface area contributed by atoms with Crippen LogP contribution in [0.4, 0.5) is 5.82 Å². The normalized spacial score (nSPS) is 24.5. The van der Waals surface area contributed by atoms with Gasteiger partial charge in [-0.25, -0.2) is 4.63 Å². The molecule has 0 bridgehead atoms. The number of carbonyl (C=O) groups is 1. The van der Waals surface area contributed by atoms with Gasteiger partial charge < -0.3 is 11.1 Å². The topological polar surface area (TPSA) is 94.0 Å². The summed E-state index contributed by atoms with van der Waals surface area (Å²) in [6.07, 6.45) is 4.89. The second-order valence-corrected chi connectivity index (χ2v) is 4.85. The summed E-state index contributed by atoms with van der Waals surface area (Å²) in [5, 5.41) is 9.68. The zero-order valence-electron chi connectivity index (χ0n) is 9.98. The zero-order chi connectivity index (χ0) is 12.3. The maximum Gasteiger partial charge on any atom is 0.277 e. The largest absolute Gasteiger partial charge is 0.379 e. The van der Waals surface area contributed by atoms with Gasteiger partial charge in [-0.3, -0.25) is 4.79 Å². The molecule has 0 radical (unpaired) electrons. The Kier molecular flexibility index (Phi) is 3.61. The molecule has 3 N–H and O–H groups in total. The highest BCUT2D eigenvalue weighted by Gasteiger charge is 2.21. The van der Waals surface area contributed by atoms with Crippen molar-refractivity contribution in [3.05, 3.63) is 5.69 Å². The van der Waals surface area contributed by atoms with Crippen LogP contribution in [0.1, 0.15) is 43.1 Å². The molecule has 1 aliphatic rings. The van der Waals surface area contributed by atoms with Gasteiger partial charge in [-0.05, 0) is 35.0 Å². The quantitative estimate of drug-likeness (QED) is 0.825. The number of nitrogen functional groups attached to an aromatic ring is 1. The van der Waals surface area contributed by atoms with E-state index in [-0.39, 0.29) is 17.4 Å². The van der Waals surface area contributed by atoms with Gasteiger partial charge in [0, 0.05) is 6.54 Å². The molecule has 2 rings (SSSR count). The van der Waals surface area contributed by atoms with Crippen molar-refractivity contribution in [3.8, 4) is 0 Å². The Hall–Kier alpha value is -1.59. The number of aromatic nitrogens is 2. The van der Waals surface area contributed by atoms with Gasteiger partial charge in [0.1, 0.15) is 0 Å². The Balaban J connectivity index is 1.82. The van der Waals surface area contributed by atoms with Gasteiger partial charge in [-0.1, -0.05) is 19.8 Å². The number of carbonyl (C=O) groups excluding carboxylic acids is 1. The Bertz CT molecular complexity index is 391. The van der Waals surface area contributed by atoms with E-state index in [1.54, 1.807) is 0 Å². The first-order valence-corrected chi connectivity index (χ1v) is 6.03. The lowest BCUT2D eigenvalue weighted by Gasteiger charge is -2.26. The third kappa shape index (κ3) is 2.95. The molecular formula is C11H18N4O2. The summed E-state index contributed by atoms with van der Waals surface area (Å²) < 4.78 is 4.39. The molecule has 1 heterocycles. The number of nitrogens with zero attached hydrogens (tertiary/aromatic N) is 2. The number of amides is 1. The minimum atomic E-state index is -0.304. The predicted octanol–water partition coefficient (Wildman–Crippen LogP) is 1.21. The minimum Gasteiger partial charge on any atom is -0.379 e. The van der Waals surface area contributed by atoms with Crippen LogP contribution in [0.3, 0.4) is 0 Å². The SMILES string of the molecule is CC1CCCC(CNC(=O)c2nonc2N)C1. The minimum absolute atomic E-state index is 0.0412. The van der Waals surface area contributed by atoms with E-state index in [1.165, 1.54) is 25.7 Å². The van der Waals surface area contributed by atoms with Crippen molar-refractivity contribution < 1.29 is 9.42 Å². The Morgan fingerprint density at radius 3 is 3.00 bits per heavy atom. The average molecular weight is 238 g/mol. The van der Waals surface area contributed by atoms with Gasteiger partial charge in [0.2, 0.25) is 11.5 Å². The first kappa shape index (κ1) is 11.9. The second kappa shape index (κ2) is 5.16. The van der Waals surface area contributed by atoms with Crippen molar-refractivity contribution in [2.24, 2.45) is 11.8 Å². The molecule has 1 aromatic rings. The fraction of sp³-hybridized carbons (Fsp3) is 0.727. The van der Waals surface area contributed by atoms with E-state index in [0.29, 0.717) is 12.5 Å². The van der Waals surface area contributed by atoms with Crippen molar-refractivity contribution in [1.82, 2.24) is 15.6 Å². The standard InChI is InChI=1S/C11H18N4O2/c1-7-3-2-4-8(5-7)6-13-11(16)9-10(12)15-17-14-9/h7-8H,2-6H2,1H3,(H2,12,15)(H,13,16). The van der Waals surface area contributed by atoms with E-state index in [1.807, 2.05) is 0 Å². The number of nitrogens with two attached hydrogens (primary N) is 1. The molecule has 1 amide bonds. The number of rotatable bonds is 3. The molecule has 17 heavy (non-hydrogen) atoms. The molecule has 1 saturated carbocycles. The van der Waals surface area contributed by atoms with Crippen LogP contribution in [0, 0.1) is 11.8 Å². The number of nitrogens with one attached hydrogen (secondary N) is 1. The van der Waals surface area contributed by atoms with Crippen LogP contribution < -0.4 is 11.1 Å². The van der Waals surface area contributed by atoms with Crippen molar-refractivity contribution in [1.29, 1.82) is 0 Å². The molecule has 0 spiro atoms. The molecule has 6 nitrogen and oxygen atoms in total. The lowest BCUT2D eigenvalue weighted by Crippen LogP contribution is -2.32. The van der Waals surface area contributed by atoms with Crippen molar-refractivity contribution in [2.45, 2.75) is 32.6 Å². The monoisotopic (exact) mass is 238 g/mol. The van der Waals surface area contributed by atoms with Gasteiger partial charge >= 0.3 is 0 Å². The first-order valence-electron chi connectivity index (χ1n) is 6.03. The average Bonchev–Trinajstić information content (AvgIpc) is 2.72. The predicted molar refractivity (Wildman–Crippen MR) is 62.2 cm³/mol. The Labute approximate surface area is 99.9 Å². The fourth-order valence-corrected chi connectivity index (χ4v) is 2.42. The molecule has 1 aromatic heterocycles. The van der Waals surface area contributed by atoms with Crippen LogP contribution in [0.5, 0.6) is 0 Å². The summed E-state index contributed by atoms with van der Waals surface area (Å²) in [6.45, 7) is 2.93. The lowest BCUT2D eigenvalue weighted by atomic mass is 9.82. The number of hydrogen-bond donors (Lipinski definition) is 2. The van der Waals surface area contributed by atoms with Crippen LogP contribution in [0.2, 0.25) is 0 Å². The van der Waals surface area contributed by atoms with E-state index in [0.717, 1.165) is 5.92 Å². The second-order valence-electron chi connectivity index (χ2n) is 4.85. The number of anilines is 1. The summed E-state index contributed by atoms with van der Waals surface area (Å²) in [4.78, 5) is 11.7. The van der Waals surface area contributed by atoms with E-state index in [2.05, 4.69) is 27.2 Å². The fourth-order valence-electron chi connectivity index (χ4n) is 2.42. The highest BCUT2D eigenvalue weighted by atomic mass is 16.6. The molecule has 0 saturated heterocycles. The zero-order valence-corrected chi connectivity index (χ0v) is 9.98. The Morgan fingerprint density at radius 2 is 2.35 bits per heavy atom. The highest BCUT2D eigenvalue weighted by Crippen LogP contribution is 2.27. The van der Waals surface area contributed by atoms with E-state index in [9.17, 15) is 4.79 Å². The van der Waals surface area contributed by atoms with E-state index >= 15 is 0 Å². The van der Waals surface area contributed by atoms with Crippen LogP contribution in [0.25, 0.3) is 0 Å². The molecule has 94 valence electrons.